The number of rotatable bonds is 10. The number of hydrogen-bond acceptors (Lipinski definition) is 8. The number of hydrogen-bond donors (Lipinski definition) is 1. The average Bonchev–Trinajstić information content (AvgIpc) is 3.47. The molecule has 0 saturated carbocycles. The van der Waals surface area contributed by atoms with Gasteiger partial charge in [0.15, 0.2) is 5.82 Å². The lowest BCUT2D eigenvalue weighted by molar-refractivity contribution is -0.117. The Hall–Kier alpha value is -4.07. The van der Waals surface area contributed by atoms with Crippen molar-refractivity contribution < 1.29 is 41.4 Å². The zero-order chi connectivity index (χ0) is 35.6. The number of nitrogens with one attached hydrogen (secondary N) is 1. The first-order chi connectivity index (χ1) is 22.3. The number of carbonyl (C=O) groups excluding carboxylic acids is 3. The Labute approximate surface area is 282 Å². The summed E-state index contributed by atoms with van der Waals surface area (Å²) in [5.74, 6) is -1.84. The molecule has 0 aromatic heterocycles. The highest BCUT2D eigenvalue weighted by Gasteiger charge is 2.45. The van der Waals surface area contributed by atoms with Gasteiger partial charge in [0.25, 0.3) is 5.91 Å². The topological polar surface area (TPSA) is 135 Å². The monoisotopic (exact) mass is 690 g/mol. The molecule has 2 heterocycles. The predicted octanol–water partition coefficient (Wildman–Crippen LogP) is 5.93. The van der Waals surface area contributed by atoms with E-state index in [-0.39, 0.29) is 42.5 Å². The van der Waals surface area contributed by atoms with Crippen LogP contribution in [0.25, 0.3) is 0 Å². The minimum atomic E-state index is -4.43. The van der Waals surface area contributed by atoms with Crippen LogP contribution in [0.1, 0.15) is 79.4 Å². The van der Waals surface area contributed by atoms with E-state index in [4.69, 9.17) is 14.2 Å². The summed E-state index contributed by atoms with van der Waals surface area (Å²) in [6.45, 7) is 14.1. The summed E-state index contributed by atoms with van der Waals surface area (Å²) in [6.07, 6.45) is 0.172. The second kappa shape index (κ2) is 14.2. The second-order valence-electron chi connectivity index (χ2n) is 14.1. The maximum absolute atomic E-state index is 16.9. The zero-order valence-corrected chi connectivity index (χ0v) is 29.8. The Balaban J connectivity index is 1.84. The van der Waals surface area contributed by atoms with Crippen LogP contribution in [-0.2, 0) is 37.5 Å². The third-order valence-corrected chi connectivity index (χ3v) is 9.34. The summed E-state index contributed by atoms with van der Waals surface area (Å²) >= 11 is 0. The highest BCUT2D eigenvalue weighted by atomic mass is 32.2. The molecule has 0 spiro atoms. The van der Waals surface area contributed by atoms with Crippen molar-refractivity contribution in [3.05, 3.63) is 53.3 Å². The maximum atomic E-state index is 16.9. The molecule has 48 heavy (non-hydrogen) atoms. The van der Waals surface area contributed by atoms with Crippen LogP contribution in [0.2, 0.25) is 0 Å². The highest BCUT2D eigenvalue weighted by molar-refractivity contribution is 7.92. The van der Waals surface area contributed by atoms with Gasteiger partial charge in [-0.25, -0.2) is 23.0 Å². The summed E-state index contributed by atoms with van der Waals surface area (Å²) in [5, 5.41) is 0. The fourth-order valence-corrected chi connectivity index (χ4v) is 6.83. The molecule has 0 unspecified atom stereocenters. The lowest BCUT2D eigenvalue weighted by Gasteiger charge is -2.35. The standard InChI is InChI=1S/C34H47FN4O8S/c1-9-22(10-2)18-37(31(41)46-33(3,4)5)19-24-16-25-26(39(24)32(42)47-34(6,7)8)17-27(45-21-23-14-12-11-13-15-23)30(29(25)35)38-20-28(40)36-48(38,43)44/h11-15,17,22,24H,9-10,16,18-21H2,1-8H3,(H,36,40)/t24-/m1/s1. The number of halogens is 1. The van der Waals surface area contributed by atoms with Crippen molar-refractivity contribution in [3.8, 4) is 5.75 Å². The number of amides is 3. The first-order valence-corrected chi connectivity index (χ1v) is 17.6. The van der Waals surface area contributed by atoms with E-state index in [1.54, 1.807) is 65.8 Å². The molecule has 3 amide bonds. The van der Waals surface area contributed by atoms with Crippen LogP contribution in [0.5, 0.6) is 5.75 Å². The Morgan fingerprint density at radius 2 is 1.67 bits per heavy atom. The minimum Gasteiger partial charge on any atom is -0.487 e. The van der Waals surface area contributed by atoms with E-state index in [2.05, 4.69) is 0 Å². The van der Waals surface area contributed by atoms with Gasteiger partial charge in [-0.3, -0.25) is 9.69 Å². The van der Waals surface area contributed by atoms with Crippen LogP contribution in [0.15, 0.2) is 36.4 Å². The molecule has 2 aromatic carbocycles. The van der Waals surface area contributed by atoms with E-state index in [1.807, 2.05) is 24.6 Å². The molecular formula is C34H47FN4O8S. The van der Waals surface area contributed by atoms with E-state index < -0.39 is 63.6 Å². The largest absolute Gasteiger partial charge is 0.487 e. The number of carbonyl (C=O) groups is 3. The third-order valence-electron chi connectivity index (χ3n) is 7.96. The van der Waals surface area contributed by atoms with Gasteiger partial charge in [0.05, 0.1) is 11.7 Å². The van der Waals surface area contributed by atoms with Gasteiger partial charge in [0.2, 0.25) is 0 Å². The summed E-state index contributed by atoms with van der Waals surface area (Å²) in [5.41, 5.74) is -1.29. The van der Waals surface area contributed by atoms with E-state index >= 15 is 4.39 Å². The fraction of sp³-hybridized carbons (Fsp3) is 0.559. The van der Waals surface area contributed by atoms with Crippen molar-refractivity contribution in [1.29, 1.82) is 0 Å². The molecule has 0 aliphatic carbocycles. The Morgan fingerprint density at radius 1 is 1.04 bits per heavy atom. The number of ether oxygens (including phenoxy) is 3. The molecular weight excluding hydrogens is 643 g/mol. The summed E-state index contributed by atoms with van der Waals surface area (Å²) in [7, 11) is -4.43. The number of nitrogens with zero attached hydrogens (tertiary/aromatic N) is 3. The molecule has 4 rings (SSSR count). The number of benzene rings is 2. The smallest absolute Gasteiger partial charge is 0.415 e. The van der Waals surface area contributed by atoms with Crippen molar-refractivity contribution in [2.45, 2.75) is 98.5 Å². The van der Waals surface area contributed by atoms with Crippen LogP contribution < -0.4 is 18.7 Å². The quantitative estimate of drug-likeness (QED) is 0.325. The van der Waals surface area contributed by atoms with Crippen LogP contribution in [0.4, 0.5) is 25.4 Å². The third kappa shape index (κ3) is 8.69. The SMILES string of the molecule is CCC(CC)CN(C[C@H]1Cc2c(cc(OCc3ccccc3)c(N3CC(=O)NS3(=O)=O)c2F)N1C(=O)OC(C)(C)C)C(=O)OC(C)(C)C. The number of fused-ring (bicyclic) bond motifs is 1. The Bertz CT molecular complexity index is 1620. The number of anilines is 2. The average molecular weight is 691 g/mol. The molecule has 0 bridgehead atoms. The van der Waals surface area contributed by atoms with Crippen molar-refractivity contribution in [3.63, 3.8) is 0 Å². The summed E-state index contributed by atoms with van der Waals surface area (Å²) < 4.78 is 62.9. The van der Waals surface area contributed by atoms with Crippen LogP contribution in [0, 0.1) is 11.7 Å². The molecule has 2 aromatic rings. The minimum absolute atomic E-state index is 0.0175. The molecule has 2 aliphatic heterocycles. The molecule has 2 aliphatic rings. The van der Waals surface area contributed by atoms with E-state index in [1.165, 1.54) is 15.9 Å². The Kier molecular flexibility index (Phi) is 10.9. The highest BCUT2D eigenvalue weighted by Crippen LogP contribution is 2.46. The van der Waals surface area contributed by atoms with Gasteiger partial charge in [-0.1, -0.05) is 57.0 Å². The lowest BCUT2D eigenvalue weighted by atomic mass is 10.0. The summed E-state index contributed by atoms with van der Waals surface area (Å²) in [6, 6.07) is 9.58. The van der Waals surface area contributed by atoms with Gasteiger partial charge in [0.1, 0.15) is 35.8 Å². The zero-order valence-electron chi connectivity index (χ0n) is 29.0. The molecule has 1 atom stereocenters. The van der Waals surface area contributed by atoms with Crippen LogP contribution in [0.3, 0.4) is 0 Å². The van der Waals surface area contributed by atoms with E-state index in [9.17, 15) is 22.8 Å². The predicted molar refractivity (Wildman–Crippen MR) is 180 cm³/mol. The Morgan fingerprint density at radius 3 is 2.21 bits per heavy atom. The van der Waals surface area contributed by atoms with E-state index in [0.29, 0.717) is 10.8 Å². The normalized spacial score (nSPS) is 17.3. The van der Waals surface area contributed by atoms with Crippen molar-refractivity contribution in [2.24, 2.45) is 5.92 Å². The second-order valence-corrected chi connectivity index (χ2v) is 15.7. The summed E-state index contributed by atoms with van der Waals surface area (Å²) in [4.78, 5) is 42.5. The van der Waals surface area contributed by atoms with Crippen molar-refractivity contribution >= 4 is 39.7 Å². The van der Waals surface area contributed by atoms with Gasteiger partial charge in [-0.2, -0.15) is 8.42 Å². The molecule has 1 fully saturated rings. The molecule has 14 heteroatoms. The van der Waals surface area contributed by atoms with Gasteiger partial charge in [-0.15, -0.1) is 0 Å². The first kappa shape index (κ1) is 36.8. The van der Waals surface area contributed by atoms with Gasteiger partial charge < -0.3 is 19.1 Å². The fourth-order valence-electron chi connectivity index (χ4n) is 5.67. The maximum Gasteiger partial charge on any atom is 0.415 e. The molecule has 12 nitrogen and oxygen atoms in total. The van der Waals surface area contributed by atoms with Gasteiger partial charge in [-0.05, 0) is 53.0 Å². The molecule has 1 saturated heterocycles. The molecule has 0 radical (unpaired) electrons. The van der Waals surface area contributed by atoms with Crippen LogP contribution >= 0.6 is 0 Å². The van der Waals surface area contributed by atoms with E-state index in [0.717, 1.165) is 18.4 Å². The van der Waals surface area contributed by atoms with Gasteiger partial charge >= 0.3 is 22.4 Å². The van der Waals surface area contributed by atoms with Crippen molar-refractivity contribution in [2.75, 3.05) is 28.8 Å². The lowest BCUT2D eigenvalue weighted by Crippen LogP contribution is -2.50. The van der Waals surface area contributed by atoms with Gasteiger partial charge in [0, 0.05) is 31.1 Å². The molecule has 1 N–H and O–H groups in total. The first-order valence-electron chi connectivity index (χ1n) is 16.2. The van der Waals surface area contributed by atoms with Crippen LogP contribution in [-0.4, -0.2) is 68.3 Å². The van der Waals surface area contributed by atoms with Crippen molar-refractivity contribution in [1.82, 2.24) is 9.62 Å². The molecule has 264 valence electrons.